The number of aliphatic hydroxyl groups excluding tert-OH is 1. The second-order valence-corrected chi connectivity index (χ2v) is 4.94. The maximum absolute atomic E-state index is 11.7. The maximum Gasteiger partial charge on any atom is 0.287 e. The summed E-state index contributed by atoms with van der Waals surface area (Å²) in [5.74, 6) is 0.562. The van der Waals surface area contributed by atoms with Crippen molar-refractivity contribution in [3.8, 4) is 5.75 Å². The lowest BCUT2D eigenvalue weighted by Gasteiger charge is -2.14. The third-order valence-corrected chi connectivity index (χ3v) is 2.82. The van der Waals surface area contributed by atoms with Gasteiger partial charge in [-0.05, 0) is 43.7 Å². The molecule has 1 heterocycles. The fourth-order valence-corrected chi connectivity index (χ4v) is 1.87. The summed E-state index contributed by atoms with van der Waals surface area (Å²) >= 11 is 0. The minimum atomic E-state index is -0.806. The Kier molecular flexibility index (Phi) is 5.00. The van der Waals surface area contributed by atoms with Crippen LogP contribution in [0.5, 0.6) is 5.75 Å². The molecular formula is C16H19NO4. The first-order valence-electron chi connectivity index (χ1n) is 6.82. The summed E-state index contributed by atoms with van der Waals surface area (Å²) < 4.78 is 10.6. The van der Waals surface area contributed by atoms with Gasteiger partial charge in [0.15, 0.2) is 5.76 Å². The molecule has 2 N–H and O–H groups in total. The molecule has 2 aromatic rings. The Morgan fingerprint density at radius 2 is 2.14 bits per heavy atom. The number of benzene rings is 1. The van der Waals surface area contributed by atoms with Gasteiger partial charge in [-0.15, -0.1) is 0 Å². The molecule has 1 unspecified atom stereocenters. The van der Waals surface area contributed by atoms with Crippen molar-refractivity contribution in [2.24, 2.45) is 0 Å². The Morgan fingerprint density at radius 1 is 1.33 bits per heavy atom. The average Bonchev–Trinajstić information content (AvgIpc) is 2.98. The number of carbonyl (C=O) groups excluding carboxylic acids is 1. The molecule has 1 atom stereocenters. The zero-order valence-electron chi connectivity index (χ0n) is 12.1. The van der Waals surface area contributed by atoms with E-state index in [1.807, 2.05) is 26.0 Å². The quantitative estimate of drug-likeness (QED) is 0.857. The Balaban J connectivity index is 1.94. The third-order valence-electron chi connectivity index (χ3n) is 2.82. The summed E-state index contributed by atoms with van der Waals surface area (Å²) in [6.45, 7) is 3.98. The summed E-state index contributed by atoms with van der Waals surface area (Å²) in [6.07, 6.45) is 0.689. The van der Waals surface area contributed by atoms with Crippen LogP contribution in [-0.4, -0.2) is 23.7 Å². The molecule has 0 aliphatic carbocycles. The highest BCUT2D eigenvalue weighted by molar-refractivity contribution is 5.91. The minimum Gasteiger partial charge on any atom is -0.491 e. The van der Waals surface area contributed by atoms with E-state index in [1.54, 1.807) is 24.3 Å². The number of amides is 1. The largest absolute Gasteiger partial charge is 0.491 e. The van der Waals surface area contributed by atoms with Crippen molar-refractivity contribution in [2.75, 3.05) is 6.54 Å². The van der Waals surface area contributed by atoms with Crippen molar-refractivity contribution in [3.63, 3.8) is 0 Å². The molecule has 112 valence electrons. The van der Waals surface area contributed by atoms with Gasteiger partial charge in [0, 0.05) is 6.54 Å². The number of hydrogen-bond acceptors (Lipinski definition) is 4. The van der Waals surface area contributed by atoms with E-state index in [0.717, 1.165) is 0 Å². The molecule has 0 fully saturated rings. The summed E-state index contributed by atoms with van der Waals surface area (Å²) in [4.78, 5) is 11.7. The van der Waals surface area contributed by atoms with Crippen molar-refractivity contribution in [3.05, 3.63) is 54.0 Å². The van der Waals surface area contributed by atoms with Crippen LogP contribution in [0, 0.1) is 0 Å². The lowest BCUT2D eigenvalue weighted by atomic mass is 10.1. The molecule has 1 aromatic heterocycles. The first kappa shape index (κ1) is 15.1. The fourth-order valence-electron chi connectivity index (χ4n) is 1.87. The van der Waals surface area contributed by atoms with Crippen LogP contribution < -0.4 is 10.1 Å². The van der Waals surface area contributed by atoms with E-state index in [0.29, 0.717) is 11.3 Å². The first-order chi connectivity index (χ1) is 10.1. The summed E-state index contributed by atoms with van der Waals surface area (Å²) in [5, 5.41) is 12.7. The number of rotatable bonds is 6. The van der Waals surface area contributed by atoms with Gasteiger partial charge in [-0.1, -0.05) is 12.1 Å². The standard InChI is InChI=1S/C16H19NO4/c1-11(2)21-13-6-3-5-12(9-13)14(18)10-17-16(19)15-7-4-8-20-15/h3-9,11,14,18H,10H2,1-2H3,(H,17,19). The van der Waals surface area contributed by atoms with E-state index in [9.17, 15) is 9.90 Å². The van der Waals surface area contributed by atoms with Gasteiger partial charge in [0.1, 0.15) is 5.75 Å². The van der Waals surface area contributed by atoms with E-state index in [2.05, 4.69) is 5.32 Å². The zero-order chi connectivity index (χ0) is 15.2. The van der Waals surface area contributed by atoms with Crippen LogP contribution in [0.2, 0.25) is 0 Å². The normalized spacial score (nSPS) is 12.2. The van der Waals surface area contributed by atoms with Crippen LogP contribution in [0.1, 0.15) is 36.1 Å². The average molecular weight is 289 g/mol. The van der Waals surface area contributed by atoms with Crippen molar-refractivity contribution >= 4 is 5.91 Å². The van der Waals surface area contributed by atoms with E-state index < -0.39 is 6.10 Å². The smallest absolute Gasteiger partial charge is 0.287 e. The van der Waals surface area contributed by atoms with Crippen LogP contribution in [0.15, 0.2) is 47.1 Å². The molecule has 21 heavy (non-hydrogen) atoms. The molecule has 1 amide bonds. The number of carbonyl (C=O) groups is 1. The van der Waals surface area contributed by atoms with Crippen molar-refractivity contribution in [2.45, 2.75) is 26.1 Å². The second-order valence-electron chi connectivity index (χ2n) is 4.94. The van der Waals surface area contributed by atoms with Gasteiger partial charge in [0.2, 0.25) is 0 Å². The number of hydrogen-bond donors (Lipinski definition) is 2. The van der Waals surface area contributed by atoms with Crippen LogP contribution >= 0.6 is 0 Å². The van der Waals surface area contributed by atoms with Crippen LogP contribution in [0.3, 0.4) is 0 Å². The molecule has 0 aliphatic rings. The van der Waals surface area contributed by atoms with E-state index in [4.69, 9.17) is 9.15 Å². The van der Waals surface area contributed by atoms with Crippen molar-refractivity contribution in [1.29, 1.82) is 0 Å². The predicted molar refractivity (Wildman–Crippen MR) is 78.2 cm³/mol. The molecule has 0 bridgehead atoms. The van der Waals surface area contributed by atoms with Gasteiger partial charge >= 0.3 is 0 Å². The maximum atomic E-state index is 11.7. The molecule has 2 rings (SSSR count). The molecule has 1 aromatic carbocycles. The first-order valence-corrected chi connectivity index (χ1v) is 6.82. The summed E-state index contributed by atoms with van der Waals surface area (Å²) in [7, 11) is 0. The van der Waals surface area contributed by atoms with E-state index >= 15 is 0 Å². The number of nitrogens with one attached hydrogen (secondary N) is 1. The molecule has 0 spiro atoms. The van der Waals surface area contributed by atoms with Gasteiger partial charge in [-0.25, -0.2) is 0 Å². The number of ether oxygens (including phenoxy) is 1. The van der Waals surface area contributed by atoms with Crippen molar-refractivity contribution in [1.82, 2.24) is 5.32 Å². The highest BCUT2D eigenvalue weighted by Gasteiger charge is 2.13. The highest BCUT2D eigenvalue weighted by Crippen LogP contribution is 2.20. The fraction of sp³-hybridized carbons (Fsp3) is 0.312. The topological polar surface area (TPSA) is 71.7 Å². The molecule has 0 radical (unpaired) electrons. The Labute approximate surface area is 123 Å². The lowest BCUT2D eigenvalue weighted by molar-refractivity contribution is 0.0889. The van der Waals surface area contributed by atoms with Gasteiger partial charge < -0.3 is 19.6 Å². The van der Waals surface area contributed by atoms with Crippen LogP contribution in [0.25, 0.3) is 0 Å². The third kappa shape index (κ3) is 4.36. The van der Waals surface area contributed by atoms with Gasteiger partial charge in [-0.3, -0.25) is 4.79 Å². The minimum absolute atomic E-state index is 0.0658. The van der Waals surface area contributed by atoms with Crippen molar-refractivity contribution < 1.29 is 19.1 Å². The predicted octanol–water partition coefficient (Wildman–Crippen LogP) is 2.53. The Morgan fingerprint density at radius 3 is 2.81 bits per heavy atom. The highest BCUT2D eigenvalue weighted by atomic mass is 16.5. The summed E-state index contributed by atoms with van der Waals surface area (Å²) in [5.41, 5.74) is 0.688. The van der Waals surface area contributed by atoms with Gasteiger partial charge in [0.05, 0.1) is 18.5 Å². The molecule has 5 heteroatoms. The van der Waals surface area contributed by atoms with Crippen LogP contribution in [0.4, 0.5) is 0 Å². The SMILES string of the molecule is CC(C)Oc1cccc(C(O)CNC(=O)c2ccco2)c1. The Hall–Kier alpha value is -2.27. The van der Waals surface area contributed by atoms with E-state index in [1.165, 1.54) is 6.26 Å². The zero-order valence-corrected chi connectivity index (χ0v) is 12.1. The van der Waals surface area contributed by atoms with Gasteiger partial charge in [0.25, 0.3) is 5.91 Å². The molecule has 5 nitrogen and oxygen atoms in total. The number of aliphatic hydroxyl groups is 1. The van der Waals surface area contributed by atoms with E-state index in [-0.39, 0.29) is 24.3 Å². The van der Waals surface area contributed by atoms with Gasteiger partial charge in [-0.2, -0.15) is 0 Å². The molecule has 0 saturated heterocycles. The molecule has 0 saturated carbocycles. The monoisotopic (exact) mass is 289 g/mol. The second kappa shape index (κ2) is 6.95. The molecular weight excluding hydrogens is 270 g/mol. The lowest BCUT2D eigenvalue weighted by Crippen LogP contribution is -2.28. The molecule has 0 aliphatic heterocycles. The summed E-state index contributed by atoms with van der Waals surface area (Å²) in [6, 6.07) is 10.4. The Bertz CT molecular complexity index is 578. The number of furan rings is 1. The van der Waals surface area contributed by atoms with Crippen LogP contribution in [-0.2, 0) is 0 Å².